The number of pyridine rings is 1. The number of rotatable bonds is 1. The minimum absolute atomic E-state index is 0.558. The fraction of sp³-hybridized carbons (Fsp3) is 0.0833. The van der Waals surface area contributed by atoms with Crippen LogP contribution in [0.5, 0.6) is 0 Å². The molecule has 0 aliphatic carbocycles. The van der Waals surface area contributed by atoms with Crippen LogP contribution in [-0.4, -0.2) is 4.98 Å². The quantitative estimate of drug-likeness (QED) is 0.740. The van der Waals surface area contributed by atoms with Crippen LogP contribution in [0.1, 0.15) is 5.56 Å². The van der Waals surface area contributed by atoms with Gasteiger partial charge in [-0.3, -0.25) is 0 Å². The van der Waals surface area contributed by atoms with Gasteiger partial charge in [0.1, 0.15) is 5.82 Å². The molecule has 0 spiro atoms. The minimum Gasteiger partial charge on any atom is -0.384 e. The van der Waals surface area contributed by atoms with Gasteiger partial charge < -0.3 is 5.73 Å². The van der Waals surface area contributed by atoms with Crippen molar-refractivity contribution in [3.8, 4) is 11.3 Å². The molecular formula is C12H12N2. The summed E-state index contributed by atoms with van der Waals surface area (Å²) in [5, 5.41) is 0. The Bertz CT molecular complexity index is 432. The van der Waals surface area contributed by atoms with Gasteiger partial charge in [0.15, 0.2) is 0 Å². The third-order valence-corrected chi connectivity index (χ3v) is 2.12. The molecule has 0 aliphatic heterocycles. The van der Waals surface area contributed by atoms with Crippen LogP contribution in [0.4, 0.5) is 5.82 Å². The number of hydrogen-bond donors (Lipinski definition) is 1. The van der Waals surface area contributed by atoms with Gasteiger partial charge in [0.25, 0.3) is 0 Å². The van der Waals surface area contributed by atoms with E-state index in [0.717, 1.165) is 11.3 Å². The molecule has 0 bridgehead atoms. The fourth-order valence-corrected chi connectivity index (χ4v) is 1.34. The maximum atomic E-state index is 5.61. The Morgan fingerprint density at radius 1 is 1.00 bits per heavy atom. The standard InChI is InChI=1S/C12H12N2/c1-9-5-7-10(8-6-9)11-3-2-4-12(13)14-11/h2-8H,1H3,(H2,13,14). The van der Waals surface area contributed by atoms with Crippen LogP contribution in [0.25, 0.3) is 11.3 Å². The van der Waals surface area contributed by atoms with Gasteiger partial charge in [-0.2, -0.15) is 0 Å². The molecule has 0 saturated carbocycles. The van der Waals surface area contributed by atoms with Gasteiger partial charge in [-0.1, -0.05) is 35.9 Å². The molecule has 2 N–H and O–H groups in total. The van der Waals surface area contributed by atoms with Gasteiger partial charge in [-0.15, -0.1) is 0 Å². The summed E-state index contributed by atoms with van der Waals surface area (Å²) in [6, 6.07) is 13.9. The zero-order valence-electron chi connectivity index (χ0n) is 8.07. The first kappa shape index (κ1) is 8.75. The Hall–Kier alpha value is -1.83. The highest BCUT2D eigenvalue weighted by atomic mass is 14.8. The maximum Gasteiger partial charge on any atom is 0.124 e. The van der Waals surface area contributed by atoms with Crippen LogP contribution < -0.4 is 5.73 Å². The molecule has 0 radical (unpaired) electrons. The summed E-state index contributed by atoms with van der Waals surface area (Å²) in [6.07, 6.45) is 0. The summed E-state index contributed by atoms with van der Waals surface area (Å²) in [4.78, 5) is 4.25. The van der Waals surface area contributed by atoms with Crippen molar-refractivity contribution in [3.05, 3.63) is 48.0 Å². The number of aryl methyl sites for hydroxylation is 1. The molecule has 0 saturated heterocycles. The maximum absolute atomic E-state index is 5.61. The molecule has 2 nitrogen and oxygen atoms in total. The van der Waals surface area contributed by atoms with Gasteiger partial charge in [-0.05, 0) is 19.1 Å². The average molecular weight is 184 g/mol. The van der Waals surface area contributed by atoms with Crippen LogP contribution in [0.2, 0.25) is 0 Å². The summed E-state index contributed by atoms with van der Waals surface area (Å²) < 4.78 is 0. The normalized spacial score (nSPS) is 10.1. The lowest BCUT2D eigenvalue weighted by Crippen LogP contribution is -1.91. The Labute approximate surface area is 83.4 Å². The number of nitrogen functional groups attached to an aromatic ring is 1. The number of aromatic nitrogens is 1. The van der Waals surface area contributed by atoms with Crippen molar-refractivity contribution in [2.75, 3.05) is 5.73 Å². The summed E-state index contributed by atoms with van der Waals surface area (Å²) in [6.45, 7) is 2.07. The van der Waals surface area contributed by atoms with Crippen molar-refractivity contribution in [1.82, 2.24) is 4.98 Å². The third-order valence-electron chi connectivity index (χ3n) is 2.12. The molecule has 1 aromatic heterocycles. The van der Waals surface area contributed by atoms with Gasteiger partial charge >= 0.3 is 0 Å². The lowest BCUT2D eigenvalue weighted by atomic mass is 10.1. The molecule has 0 unspecified atom stereocenters. The van der Waals surface area contributed by atoms with E-state index in [4.69, 9.17) is 5.73 Å². The van der Waals surface area contributed by atoms with Crippen molar-refractivity contribution in [2.24, 2.45) is 0 Å². The molecule has 0 aliphatic rings. The van der Waals surface area contributed by atoms with E-state index in [2.05, 4.69) is 36.2 Å². The first-order valence-electron chi connectivity index (χ1n) is 4.55. The van der Waals surface area contributed by atoms with Gasteiger partial charge in [-0.25, -0.2) is 4.98 Å². The smallest absolute Gasteiger partial charge is 0.124 e. The van der Waals surface area contributed by atoms with Crippen LogP contribution in [0.3, 0.4) is 0 Å². The highest BCUT2D eigenvalue weighted by Gasteiger charge is 1.98. The summed E-state index contributed by atoms with van der Waals surface area (Å²) >= 11 is 0. The molecule has 0 amide bonds. The predicted octanol–water partition coefficient (Wildman–Crippen LogP) is 2.64. The average Bonchev–Trinajstić information content (AvgIpc) is 2.19. The monoisotopic (exact) mass is 184 g/mol. The Balaban J connectivity index is 2.44. The molecular weight excluding hydrogens is 172 g/mol. The van der Waals surface area contributed by atoms with E-state index < -0.39 is 0 Å². The highest BCUT2D eigenvalue weighted by molar-refractivity contribution is 5.60. The number of anilines is 1. The van der Waals surface area contributed by atoms with Gasteiger partial charge in [0, 0.05) is 5.56 Å². The summed E-state index contributed by atoms with van der Waals surface area (Å²) in [5.74, 6) is 0.558. The van der Waals surface area contributed by atoms with Crippen molar-refractivity contribution >= 4 is 5.82 Å². The summed E-state index contributed by atoms with van der Waals surface area (Å²) in [5.41, 5.74) is 8.88. The van der Waals surface area contributed by atoms with Gasteiger partial charge in [0.2, 0.25) is 0 Å². The molecule has 2 rings (SSSR count). The molecule has 70 valence electrons. The van der Waals surface area contributed by atoms with E-state index in [1.807, 2.05) is 12.1 Å². The van der Waals surface area contributed by atoms with Crippen molar-refractivity contribution in [1.29, 1.82) is 0 Å². The van der Waals surface area contributed by atoms with E-state index >= 15 is 0 Å². The number of nitrogens with zero attached hydrogens (tertiary/aromatic N) is 1. The first-order chi connectivity index (χ1) is 6.75. The van der Waals surface area contributed by atoms with Crippen LogP contribution in [-0.2, 0) is 0 Å². The van der Waals surface area contributed by atoms with E-state index in [1.54, 1.807) is 6.07 Å². The van der Waals surface area contributed by atoms with Crippen molar-refractivity contribution < 1.29 is 0 Å². The highest BCUT2D eigenvalue weighted by Crippen LogP contribution is 2.17. The fourth-order valence-electron chi connectivity index (χ4n) is 1.34. The largest absolute Gasteiger partial charge is 0.384 e. The molecule has 1 heterocycles. The lowest BCUT2D eigenvalue weighted by molar-refractivity contribution is 1.33. The molecule has 14 heavy (non-hydrogen) atoms. The van der Waals surface area contributed by atoms with Crippen molar-refractivity contribution in [2.45, 2.75) is 6.92 Å². The lowest BCUT2D eigenvalue weighted by Gasteiger charge is -2.01. The van der Waals surface area contributed by atoms with Crippen molar-refractivity contribution in [3.63, 3.8) is 0 Å². The molecule has 0 fully saturated rings. The molecule has 1 aromatic carbocycles. The van der Waals surface area contributed by atoms with Crippen LogP contribution in [0, 0.1) is 6.92 Å². The number of benzene rings is 1. The van der Waals surface area contributed by atoms with Crippen LogP contribution in [0.15, 0.2) is 42.5 Å². The SMILES string of the molecule is Cc1ccc(-c2cccc(N)n2)cc1. The zero-order chi connectivity index (χ0) is 9.97. The Morgan fingerprint density at radius 3 is 2.36 bits per heavy atom. The number of nitrogens with two attached hydrogens (primary N) is 1. The second-order valence-electron chi connectivity index (χ2n) is 3.31. The second kappa shape index (κ2) is 3.50. The topological polar surface area (TPSA) is 38.9 Å². The van der Waals surface area contributed by atoms with Crippen LogP contribution >= 0.6 is 0 Å². The predicted molar refractivity (Wildman–Crippen MR) is 58.8 cm³/mol. The third kappa shape index (κ3) is 1.74. The first-order valence-corrected chi connectivity index (χ1v) is 4.55. The molecule has 2 heteroatoms. The minimum atomic E-state index is 0.558. The summed E-state index contributed by atoms with van der Waals surface area (Å²) in [7, 11) is 0. The van der Waals surface area contributed by atoms with E-state index in [0.29, 0.717) is 5.82 Å². The Morgan fingerprint density at radius 2 is 1.71 bits per heavy atom. The number of hydrogen-bond acceptors (Lipinski definition) is 2. The second-order valence-corrected chi connectivity index (χ2v) is 3.31. The van der Waals surface area contributed by atoms with E-state index in [1.165, 1.54) is 5.56 Å². The van der Waals surface area contributed by atoms with Gasteiger partial charge in [0.05, 0.1) is 5.69 Å². The zero-order valence-corrected chi connectivity index (χ0v) is 8.07. The van der Waals surface area contributed by atoms with E-state index in [9.17, 15) is 0 Å². The Kier molecular flexibility index (Phi) is 2.19. The molecule has 0 atom stereocenters. The van der Waals surface area contributed by atoms with E-state index in [-0.39, 0.29) is 0 Å². The molecule has 2 aromatic rings.